The Balaban J connectivity index is 1.80. The first kappa shape index (κ1) is 19.7. The second-order valence-corrected chi connectivity index (χ2v) is 6.21. The molecule has 2 aromatic rings. The molecule has 0 saturated heterocycles. The van der Waals surface area contributed by atoms with Crippen molar-refractivity contribution in [2.24, 2.45) is 4.99 Å². The van der Waals surface area contributed by atoms with E-state index in [1.165, 1.54) is 0 Å². The number of aliphatic imine (C=N–C) groups is 1. The summed E-state index contributed by atoms with van der Waals surface area (Å²) < 4.78 is 0. The van der Waals surface area contributed by atoms with E-state index in [0.29, 0.717) is 36.3 Å². The van der Waals surface area contributed by atoms with E-state index in [1.54, 1.807) is 12.3 Å². The highest BCUT2D eigenvalue weighted by Crippen LogP contribution is 2.11. The first-order chi connectivity index (χ1) is 12.6. The Morgan fingerprint density at radius 1 is 1.23 bits per heavy atom. The number of amides is 1. The van der Waals surface area contributed by atoms with Gasteiger partial charge in [-0.25, -0.2) is 9.98 Å². The van der Waals surface area contributed by atoms with Crippen LogP contribution in [0.25, 0.3) is 0 Å². The van der Waals surface area contributed by atoms with Crippen LogP contribution in [0.5, 0.6) is 0 Å². The lowest BCUT2D eigenvalue weighted by molar-refractivity contribution is -0.116. The molecule has 0 aliphatic carbocycles. The van der Waals surface area contributed by atoms with Crippen LogP contribution in [-0.4, -0.2) is 29.9 Å². The molecule has 0 unspecified atom stereocenters. The number of aryl methyl sites for hydroxylation is 1. The number of aromatic nitrogens is 1. The second-order valence-electron chi connectivity index (χ2n) is 5.77. The van der Waals surface area contributed by atoms with Crippen molar-refractivity contribution < 1.29 is 4.79 Å². The monoisotopic (exact) mass is 373 g/mol. The predicted octanol–water partition coefficient (Wildman–Crippen LogP) is 3.13. The molecule has 138 valence electrons. The zero-order valence-electron chi connectivity index (χ0n) is 15.1. The highest BCUT2D eigenvalue weighted by molar-refractivity contribution is 6.30. The smallest absolute Gasteiger partial charge is 0.227 e. The second kappa shape index (κ2) is 10.4. The Morgan fingerprint density at radius 3 is 2.77 bits per heavy atom. The molecule has 0 bridgehead atoms. The van der Waals surface area contributed by atoms with Crippen molar-refractivity contribution in [3.8, 4) is 0 Å². The van der Waals surface area contributed by atoms with Gasteiger partial charge < -0.3 is 16.0 Å². The molecule has 0 saturated carbocycles. The number of guanidine groups is 1. The summed E-state index contributed by atoms with van der Waals surface area (Å²) in [6.45, 7) is 5.66. The van der Waals surface area contributed by atoms with Gasteiger partial charge in [-0.05, 0) is 43.2 Å². The van der Waals surface area contributed by atoms with Gasteiger partial charge in [0.2, 0.25) is 5.91 Å². The minimum absolute atomic E-state index is 0.0976. The van der Waals surface area contributed by atoms with Crippen LogP contribution in [-0.2, 0) is 11.3 Å². The van der Waals surface area contributed by atoms with Gasteiger partial charge in [0.1, 0.15) is 5.82 Å². The molecule has 0 fully saturated rings. The minimum atomic E-state index is -0.0976. The molecular formula is C19H24ClN5O. The van der Waals surface area contributed by atoms with Crippen molar-refractivity contribution in [2.75, 3.05) is 18.4 Å². The van der Waals surface area contributed by atoms with Crippen LogP contribution in [0.15, 0.2) is 47.6 Å². The fraction of sp³-hybridized carbons (Fsp3) is 0.316. The first-order valence-electron chi connectivity index (χ1n) is 8.56. The third kappa shape index (κ3) is 7.11. The van der Waals surface area contributed by atoms with Gasteiger partial charge in [-0.15, -0.1) is 0 Å². The van der Waals surface area contributed by atoms with E-state index in [4.69, 9.17) is 11.6 Å². The van der Waals surface area contributed by atoms with Gasteiger partial charge in [-0.2, -0.15) is 0 Å². The molecule has 2 rings (SSSR count). The van der Waals surface area contributed by atoms with Crippen molar-refractivity contribution in [2.45, 2.75) is 26.8 Å². The molecule has 0 aliphatic heterocycles. The molecule has 26 heavy (non-hydrogen) atoms. The number of rotatable bonds is 7. The van der Waals surface area contributed by atoms with Crippen molar-refractivity contribution in [1.82, 2.24) is 15.6 Å². The Hall–Kier alpha value is -2.60. The molecule has 3 N–H and O–H groups in total. The van der Waals surface area contributed by atoms with Gasteiger partial charge in [0.25, 0.3) is 0 Å². The van der Waals surface area contributed by atoms with Crippen LogP contribution >= 0.6 is 11.6 Å². The number of hydrogen-bond donors (Lipinski definition) is 3. The molecule has 0 spiro atoms. The largest absolute Gasteiger partial charge is 0.357 e. The van der Waals surface area contributed by atoms with Crippen LogP contribution in [0, 0.1) is 6.92 Å². The molecular weight excluding hydrogens is 350 g/mol. The van der Waals surface area contributed by atoms with Gasteiger partial charge in [0, 0.05) is 30.7 Å². The highest BCUT2D eigenvalue weighted by atomic mass is 35.5. The Bertz CT molecular complexity index is 746. The van der Waals surface area contributed by atoms with E-state index in [9.17, 15) is 4.79 Å². The average Bonchev–Trinajstić information content (AvgIpc) is 2.62. The van der Waals surface area contributed by atoms with Gasteiger partial charge >= 0.3 is 0 Å². The van der Waals surface area contributed by atoms with Crippen LogP contribution in [0.1, 0.15) is 24.5 Å². The number of halogens is 1. The van der Waals surface area contributed by atoms with E-state index >= 15 is 0 Å². The number of carbonyl (C=O) groups is 1. The third-order valence-corrected chi connectivity index (χ3v) is 3.71. The normalized spacial score (nSPS) is 11.1. The molecule has 0 atom stereocenters. The van der Waals surface area contributed by atoms with E-state index in [2.05, 4.69) is 25.9 Å². The van der Waals surface area contributed by atoms with E-state index in [-0.39, 0.29) is 5.91 Å². The van der Waals surface area contributed by atoms with E-state index in [0.717, 1.165) is 17.7 Å². The fourth-order valence-corrected chi connectivity index (χ4v) is 2.40. The van der Waals surface area contributed by atoms with Crippen LogP contribution in [0.3, 0.4) is 0 Å². The molecule has 1 amide bonds. The van der Waals surface area contributed by atoms with Gasteiger partial charge in [0.15, 0.2) is 5.96 Å². The number of nitrogens with one attached hydrogen (secondary N) is 3. The number of pyridine rings is 1. The lowest BCUT2D eigenvalue weighted by Gasteiger charge is -2.11. The fourth-order valence-electron chi connectivity index (χ4n) is 2.19. The highest BCUT2D eigenvalue weighted by Gasteiger charge is 2.04. The summed E-state index contributed by atoms with van der Waals surface area (Å²) in [4.78, 5) is 20.7. The number of hydrogen-bond acceptors (Lipinski definition) is 3. The SMILES string of the molecule is CCNC(=NCc1cccc(Cl)c1)NCCC(=O)Nc1ccc(C)cn1. The summed E-state index contributed by atoms with van der Waals surface area (Å²) >= 11 is 5.99. The summed E-state index contributed by atoms with van der Waals surface area (Å²) in [6, 6.07) is 11.3. The van der Waals surface area contributed by atoms with E-state index in [1.807, 2.05) is 44.2 Å². The molecule has 0 aliphatic rings. The summed E-state index contributed by atoms with van der Waals surface area (Å²) in [7, 11) is 0. The van der Waals surface area contributed by atoms with Crippen LogP contribution < -0.4 is 16.0 Å². The van der Waals surface area contributed by atoms with Crippen molar-refractivity contribution >= 4 is 29.3 Å². The lowest BCUT2D eigenvalue weighted by atomic mass is 10.2. The molecule has 1 aromatic heterocycles. The summed E-state index contributed by atoms with van der Waals surface area (Å²) in [5.74, 6) is 1.12. The van der Waals surface area contributed by atoms with Crippen LogP contribution in [0.2, 0.25) is 5.02 Å². The van der Waals surface area contributed by atoms with Crippen molar-refractivity contribution in [3.05, 3.63) is 58.7 Å². The topological polar surface area (TPSA) is 78.4 Å². The first-order valence-corrected chi connectivity index (χ1v) is 8.93. The summed E-state index contributed by atoms with van der Waals surface area (Å²) in [6.07, 6.45) is 2.04. The molecule has 1 aromatic carbocycles. The third-order valence-electron chi connectivity index (χ3n) is 3.48. The summed E-state index contributed by atoms with van der Waals surface area (Å²) in [5, 5.41) is 9.78. The van der Waals surface area contributed by atoms with Gasteiger partial charge in [0.05, 0.1) is 6.54 Å². The zero-order valence-corrected chi connectivity index (χ0v) is 15.8. The maximum atomic E-state index is 12.0. The number of benzene rings is 1. The van der Waals surface area contributed by atoms with Crippen molar-refractivity contribution in [3.63, 3.8) is 0 Å². The standard InChI is InChI=1S/C19H24ClN5O/c1-3-21-19(24-13-15-5-4-6-16(20)11-15)22-10-9-18(26)25-17-8-7-14(2)12-23-17/h4-8,11-12H,3,9-10,13H2,1-2H3,(H2,21,22,24)(H,23,25,26). The number of carbonyl (C=O) groups excluding carboxylic acids is 1. The van der Waals surface area contributed by atoms with Gasteiger partial charge in [-0.3, -0.25) is 4.79 Å². The minimum Gasteiger partial charge on any atom is -0.357 e. The maximum absolute atomic E-state index is 12.0. The van der Waals surface area contributed by atoms with Crippen molar-refractivity contribution in [1.29, 1.82) is 0 Å². The molecule has 1 heterocycles. The summed E-state index contributed by atoms with van der Waals surface area (Å²) in [5.41, 5.74) is 2.08. The van der Waals surface area contributed by atoms with E-state index < -0.39 is 0 Å². The van der Waals surface area contributed by atoms with Crippen LogP contribution in [0.4, 0.5) is 5.82 Å². The quantitative estimate of drug-likeness (QED) is 0.514. The average molecular weight is 374 g/mol. The number of anilines is 1. The Kier molecular flexibility index (Phi) is 7.89. The number of nitrogens with zero attached hydrogens (tertiary/aromatic N) is 2. The Morgan fingerprint density at radius 2 is 2.08 bits per heavy atom. The predicted molar refractivity (Wildman–Crippen MR) is 106 cm³/mol. The molecule has 7 heteroatoms. The Labute approximate surface area is 159 Å². The maximum Gasteiger partial charge on any atom is 0.227 e. The molecule has 0 radical (unpaired) electrons. The lowest BCUT2D eigenvalue weighted by Crippen LogP contribution is -2.38. The molecule has 6 nitrogen and oxygen atoms in total. The van der Waals surface area contributed by atoms with Gasteiger partial charge in [-0.1, -0.05) is 29.8 Å². The zero-order chi connectivity index (χ0) is 18.8.